The van der Waals surface area contributed by atoms with Crippen molar-refractivity contribution in [1.82, 2.24) is 10.6 Å². The molecule has 1 saturated carbocycles. The van der Waals surface area contributed by atoms with E-state index < -0.39 is 9.84 Å². The van der Waals surface area contributed by atoms with E-state index in [1.165, 1.54) is 6.26 Å². The Hall–Kier alpha value is -0.820. The first-order chi connectivity index (χ1) is 11.3. The molecule has 6 nitrogen and oxygen atoms in total. The molecule has 0 spiro atoms. The van der Waals surface area contributed by atoms with Crippen LogP contribution in [0.5, 0.6) is 0 Å². The molecule has 0 amide bonds. The average molecular weight is 362 g/mol. The second kappa shape index (κ2) is 9.61. The van der Waals surface area contributed by atoms with Crippen LogP contribution in [0.2, 0.25) is 0 Å². The van der Waals surface area contributed by atoms with Crippen LogP contribution in [0.25, 0.3) is 0 Å². The van der Waals surface area contributed by atoms with Crippen molar-refractivity contribution in [2.24, 2.45) is 10.4 Å². The zero-order chi connectivity index (χ0) is 18.2. The number of hydrogen-bond donors (Lipinski definition) is 2. The molecule has 0 saturated heterocycles. The van der Waals surface area contributed by atoms with Crippen molar-refractivity contribution >= 4 is 15.8 Å². The minimum absolute atomic E-state index is 0.152. The van der Waals surface area contributed by atoms with Gasteiger partial charge in [-0.25, -0.2) is 8.42 Å². The van der Waals surface area contributed by atoms with Crippen molar-refractivity contribution in [3.63, 3.8) is 0 Å². The molecule has 7 heteroatoms. The zero-order valence-corrected chi connectivity index (χ0v) is 16.7. The first-order valence-electron chi connectivity index (χ1n) is 9.17. The van der Waals surface area contributed by atoms with Gasteiger partial charge in [-0.1, -0.05) is 13.8 Å². The minimum atomic E-state index is -2.92. The highest BCUT2D eigenvalue weighted by Gasteiger charge is 2.53. The molecule has 0 aromatic heterocycles. The van der Waals surface area contributed by atoms with Gasteiger partial charge in [-0.05, 0) is 39.5 Å². The van der Waals surface area contributed by atoms with Gasteiger partial charge in [0.2, 0.25) is 0 Å². The Morgan fingerprint density at radius 2 is 1.92 bits per heavy atom. The topological polar surface area (TPSA) is 79.8 Å². The first kappa shape index (κ1) is 21.2. The van der Waals surface area contributed by atoms with Crippen LogP contribution in [-0.2, 0) is 14.6 Å². The van der Waals surface area contributed by atoms with E-state index in [9.17, 15) is 8.42 Å². The van der Waals surface area contributed by atoms with E-state index >= 15 is 0 Å². The number of guanidine groups is 1. The fourth-order valence-electron chi connectivity index (χ4n) is 3.59. The maximum absolute atomic E-state index is 11.2. The van der Waals surface area contributed by atoms with Crippen LogP contribution in [0.4, 0.5) is 0 Å². The van der Waals surface area contributed by atoms with Crippen LogP contribution in [0.15, 0.2) is 4.99 Å². The summed E-state index contributed by atoms with van der Waals surface area (Å²) in [7, 11) is -2.92. The van der Waals surface area contributed by atoms with Crippen molar-refractivity contribution in [2.75, 3.05) is 31.7 Å². The average Bonchev–Trinajstić information content (AvgIpc) is 2.50. The molecule has 0 bridgehead atoms. The molecule has 1 fully saturated rings. The Bertz CT molecular complexity index is 501. The molecule has 24 heavy (non-hydrogen) atoms. The Morgan fingerprint density at radius 1 is 1.25 bits per heavy atom. The third-order valence-electron chi connectivity index (χ3n) is 5.07. The quantitative estimate of drug-likeness (QED) is 0.353. The molecule has 2 N–H and O–H groups in total. The predicted octanol–water partition coefficient (Wildman–Crippen LogP) is 1.96. The smallest absolute Gasteiger partial charge is 0.191 e. The highest BCUT2D eigenvalue weighted by Crippen LogP contribution is 2.48. The SMILES string of the molecule is CCNC(=NCCCS(C)(=O)=O)NC1CC(OCC)C1(CC)CC. The van der Waals surface area contributed by atoms with E-state index in [1.807, 2.05) is 13.8 Å². The van der Waals surface area contributed by atoms with E-state index in [0.717, 1.165) is 38.4 Å². The summed E-state index contributed by atoms with van der Waals surface area (Å²) in [6.07, 6.45) is 5.25. The van der Waals surface area contributed by atoms with Crippen LogP contribution >= 0.6 is 0 Å². The van der Waals surface area contributed by atoms with Gasteiger partial charge < -0.3 is 15.4 Å². The highest BCUT2D eigenvalue weighted by molar-refractivity contribution is 7.90. The summed E-state index contributed by atoms with van der Waals surface area (Å²) >= 11 is 0. The molecule has 1 aliphatic carbocycles. The van der Waals surface area contributed by atoms with Gasteiger partial charge in [0.1, 0.15) is 9.84 Å². The monoisotopic (exact) mass is 361 g/mol. The molecular formula is C17H35N3O3S. The van der Waals surface area contributed by atoms with Crippen molar-refractivity contribution in [1.29, 1.82) is 0 Å². The fourth-order valence-corrected chi connectivity index (χ4v) is 4.24. The van der Waals surface area contributed by atoms with Crippen LogP contribution in [0, 0.1) is 5.41 Å². The molecule has 2 unspecified atom stereocenters. The summed E-state index contributed by atoms with van der Waals surface area (Å²) in [5.41, 5.74) is 0.152. The van der Waals surface area contributed by atoms with Crippen molar-refractivity contribution < 1.29 is 13.2 Å². The third-order valence-corrected chi connectivity index (χ3v) is 6.10. The second-order valence-electron chi connectivity index (χ2n) is 6.56. The fraction of sp³-hybridized carbons (Fsp3) is 0.941. The number of rotatable bonds is 10. The van der Waals surface area contributed by atoms with Gasteiger partial charge in [0, 0.05) is 37.4 Å². The zero-order valence-electron chi connectivity index (χ0n) is 15.9. The number of nitrogens with one attached hydrogen (secondary N) is 2. The number of hydrogen-bond acceptors (Lipinski definition) is 4. The molecule has 0 aromatic rings. The van der Waals surface area contributed by atoms with Crippen molar-refractivity contribution in [2.45, 2.75) is 65.5 Å². The first-order valence-corrected chi connectivity index (χ1v) is 11.2. The Kier molecular flexibility index (Phi) is 8.50. The number of nitrogens with zero attached hydrogens (tertiary/aromatic N) is 1. The van der Waals surface area contributed by atoms with E-state index in [-0.39, 0.29) is 11.2 Å². The normalized spacial score (nSPS) is 23.6. The molecule has 142 valence electrons. The van der Waals surface area contributed by atoms with Crippen LogP contribution in [-0.4, -0.2) is 58.2 Å². The lowest BCUT2D eigenvalue weighted by Crippen LogP contribution is -2.65. The van der Waals surface area contributed by atoms with Crippen LogP contribution in [0.1, 0.15) is 53.4 Å². The standard InChI is InChI=1S/C17H35N3O3S/c1-6-17(7-2)14(13-15(17)23-9-4)20-16(18-8-3)19-11-10-12-24(5,21)22/h14-15H,6-13H2,1-5H3,(H2,18,19,20). The summed E-state index contributed by atoms with van der Waals surface area (Å²) < 4.78 is 28.3. The van der Waals surface area contributed by atoms with Gasteiger partial charge in [-0.3, -0.25) is 4.99 Å². The van der Waals surface area contributed by atoms with Gasteiger partial charge >= 0.3 is 0 Å². The van der Waals surface area contributed by atoms with E-state index in [2.05, 4.69) is 29.5 Å². The van der Waals surface area contributed by atoms with E-state index in [0.29, 0.717) is 25.1 Å². The maximum atomic E-state index is 11.2. The molecular weight excluding hydrogens is 326 g/mol. The lowest BCUT2D eigenvalue weighted by atomic mass is 9.58. The number of ether oxygens (including phenoxy) is 1. The van der Waals surface area contributed by atoms with Crippen LogP contribution in [0.3, 0.4) is 0 Å². The molecule has 0 radical (unpaired) electrons. The lowest BCUT2D eigenvalue weighted by molar-refractivity contribution is -0.133. The summed E-state index contributed by atoms with van der Waals surface area (Å²) in [6.45, 7) is 10.6. The van der Waals surface area contributed by atoms with Crippen molar-refractivity contribution in [3.8, 4) is 0 Å². The molecule has 1 rings (SSSR count). The van der Waals surface area contributed by atoms with Gasteiger partial charge in [0.05, 0.1) is 11.9 Å². The van der Waals surface area contributed by atoms with Gasteiger partial charge in [-0.15, -0.1) is 0 Å². The largest absolute Gasteiger partial charge is 0.378 e. The summed E-state index contributed by atoms with van der Waals surface area (Å²) in [5, 5.41) is 6.80. The summed E-state index contributed by atoms with van der Waals surface area (Å²) in [5.74, 6) is 0.955. The molecule has 0 aromatic carbocycles. The number of sulfone groups is 1. The summed E-state index contributed by atoms with van der Waals surface area (Å²) in [4.78, 5) is 4.53. The molecule has 0 heterocycles. The van der Waals surface area contributed by atoms with Gasteiger partial charge in [0.25, 0.3) is 0 Å². The molecule has 0 aliphatic heterocycles. The van der Waals surface area contributed by atoms with E-state index in [1.54, 1.807) is 0 Å². The molecule has 2 atom stereocenters. The highest BCUT2D eigenvalue weighted by atomic mass is 32.2. The Morgan fingerprint density at radius 3 is 2.42 bits per heavy atom. The van der Waals surface area contributed by atoms with Crippen LogP contribution < -0.4 is 10.6 Å². The maximum Gasteiger partial charge on any atom is 0.191 e. The van der Waals surface area contributed by atoms with E-state index in [4.69, 9.17) is 4.74 Å². The van der Waals surface area contributed by atoms with Crippen molar-refractivity contribution in [3.05, 3.63) is 0 Å². The predicted molar refractivity (Wildman–Crippen MR) is 100 cm³/mol. The minimum Gasteiger partial charge on any atom is -0.378 e. The van der Waals surface area contributed by atoms with Gasteiger partial charge in [0.15, 0.2) is 5.96 Å². The number of aliphatic imine (C=N–C) groups is 1. The Balaban J connectivity index is 2.67. The third kappa shape index (κ3) is 5.62. The summed E-state index contributed by atoms with van der Waals surface area (Å²) in [6, 6.07) is 0.344. The molecule has 1 aliphatic rings. The Labute approximate surface area is 147 Å². The second-order valence-corrected chi connectivity index (χ2v) is 8.82. The van der Waals surface area contributed by atoms with Gasteiger partial charge in [-0.2, -0.15) is 0 Å². The lowest BCUT2D eigenvalue weighted by Gasteiger charge is -2.55.